The summed E-state index contributed by atoms with van der Waals surface area (Å²) in [5, 5.41) is 7.30. The van der Waals surface area contributed by atoms with Gasteiger partial charge in [0.25, 0.3) is 5.91 Å². The average Bonchev–Trinajstić information content (AvgIpc) is 2.97. The summed E-state index contributed by atoms with van der Waals surface area (Å²) in [6.45, 7) is 0.862. The van der Waals surface area contributed by atoms with E-state index in [1.807, 2.05) is 0 Å². The number of hydrogen-bond acceptors (Lipinski definition) is 6. The van der Waals surface area contributed by atoms with E-state index in [0.29, 0.717) is 48.4 Å². The molecule has 0 radical (unpaired) electrons. The van der Waals surface area contributed by atoms with E-state index in [9.17, 15) is 17.6 Å². The third kappa shape index (κ3) is 2.98. The Morgan fingerprint density at radius 3 is 2.93 bits per heavy atom. The van der Waals surface area contributed by atoms with Gasteiger partial charge in [-0.25, -0.2) is 12.8 Å². The smallest absolute Gasteiger partial charge is 0.256 e. The van der Waals surface area contributed by atoms with Crippen LogP contribution in [0.25, 0.3) is 0 Å². The Labute approximate surface area is 156 Å². The van der Waals surface area contributed by atoms with E-state index in [4.69, 9.17) is 5.73 Å². The minimum Gasteiger partial charge on any atom is -0.383 e. The fourth-order valence-corrected chi connectivity index (χ4v) is 4.54. The van der Waals surface area contributed by atoms with Gasteiger partial charge in [-0.3, -0.25) is 4.79 Å². The molecule has 0 fully saturated rings. The third-order valence-electron chi connectivity index (χ3n) is 5.18. The van der Waals surface area contributed by atoms with Crippen molar-refractivity contribution in [2.75, 3.05) is 30.4 Å². The zero-order chi connectivity index (χ0) is 19.3. The number of rotatable bonds is 2. The second-order valence-electron chi connectivity index (χ2n) is 6.88. The number of halogens is 1. The summed E-state index contributed by atoms with van der Waals surface area (Å²) < 4.78 is 40.1. The number of nitrogens with one attached hydrogen (secondary N) is 1. The van der Waals surface area contributed by atoms with E-state index in [2.05, 4.69) is 10.4 Å². The molecule has 3 N–H and O–H groups in total. The number of sulfonamides is 1. The lowest BCUT2D eigenvalue weighted by molar-refractivity contribution is 0.0859. The maximum Gasteiger partial charge on any atom is 0.256 e. The number of fused-ring (bicyclic) bond motifs is 2. The van der Waals surface area contributed by atoms with E-state index in [1.165, 1.54) is 10.4 Å². The lowest BCUT2D eigenvalue weighted by atomic mass is 9.90. The Hall–Kier alpha value is -2.46. The number of carbonyl (C=O) groups excluding carboxylic acids is 1. The molecular formula is C17H20FN5O3S. The zero-order valence-electron chi connectivity index (χ0n) is 14.8. The first-order valence-corrected chi connectivity index (χ1v) is 10.5. The number of para-hydroxylation sites is 1. The zero-order valence-corrected chi connectivity index (χ0v) is 15.6. The van der Waals surface area contributed by atoms with Crippen LogP contribution in [0, 0.1) is 5.82 Å². The molecule has 0 saturated carbocycles. The third-order valence-corrected chi connectivity index (χ3v) is 6.43. The fraction of sp³-hybridized carbons (Fsp3) is 0.412. The lowest BCUT2D eigenvalue weighted by Gasteiger charge is -2.26. The van der Waals surface area contributed by atoms with Crippen LogP contribution in [0.2, 0.25) is 0 Å². The SMILES string of the molecule is CS(=O)(=O)N1CCc2c(nn(C(=O)C3CCNc4c(F)cccc43)c2N)C1. The van der Waals surface area contributed by atoms with Gasteiger partial charge in [0.2, 0.25) is 10.0 Å². The molecule has 0 saturated heterocycles. The van der Waals surface area contributed by atoms with Crippen molar-refractivity contribution in [1.29, 1.82) is 0 Å². The normalized spacial score (nSPS) is 19.9. The van der Waals surface area contributed by atoms with Gasteiger partial charge in [0.15, 0.2) is 0 Å². The fourth-order valence-electron chi connectivity index (χ4n) is 3.76. The van der Waals surface area contributed by atoms with Gasteiger partial charge < -0.3 is 11.1 Å². The van der Waals surface area contributed by atoms with Gasteiger partial charge in [0.1, 0.15) is 11.6 Å². The molecule has 0 spiro atoms. The van der Waals surface area contributed by atoms with Crippen molar-refractivity contribution < 1.29 is 17.6 Å². The molecular weight excluding hydrogens is 373 g/mol. The molecule has 10 heteroatoms. The highest BCUT2D eigenvalue weighted by Gasteiger charge is 2.34. The van der Waals surface area contributed by atoms with Crippen molar-refractivity contribution in [3.8, 4) is 0 Å². The van der Waals surface area contributed by atoms with Crippen LogP contribution in [0.3, 0.4) is 0 Å². The molecule has 1 unspecified atom stereocenters. The number of nitrogen functional groups attached to an aromatic ring is 1. The molecule has 8 nitrogen and oxygen atoms in total. The average molecular weight is 393 g/mol. The van der Waals surface area contributed by atoms with Crippen molar-refractivity contribution in [2.45, 2.75) is 25.3 Å². The summed E-state index contributed by atoms with van der Waals surface area (Å²) in [7, 11) is -3.35. The predicted molar refractivity (Wildman–Crippen MR) is 98.5 cm³/mol. The summed E-state index contributed by atoms with van der Waals surface area (Å²) in [5.41, 5.74) is 8.27. The molecule has 1 atom stereocenters. The summed E-state index contributed by atoms with van der Waals surface area (Å²) in [6.07, 6.45) is 2.04. The maximum atomic E-state index is 14.0. The van der Waals surface area contributed by atoms with Crippen molar-refractivity contribution in [1.82, 2.24) is 14.1 Å². The van der Waals surface area contributed by atoms with Crippen LogP contribution in [-0.2, 0) is 23.0 Å². The van der Waals surface area contributed by atoms with Crippen molar-refractivity contribution in [3.63, 3.8) is 0 Å². The number of anilines is 2. The van der Waals surface area contributed by atoms with Crippen LogP contribution >= 0.6 is 0 Å². The standard InChI is InChI=1S/C17H20FN5O3S/c1-27(25,26)22-8-6-12-14(9-22)21-23(16(12)19)17(24)11-5-7-20-15-10(11)3-2-4-13(15)18/h2-4,11,20H,5-9,19H2,1H3. The molecule has 1 aromatic carbocycles. The number of aromatic nitrogens is 2. The molecule has 0 amide bonds. The van der Waals surface area contributed by atoms with Gasteiger partial charge in [-0.2, -0.15) is 14.1 Å². The van der Waals surface area contributed by atoms with E-state index in [0.717, 1.165) is 10.9 Å². The Bertz CT molecular complexity index is 1030. The largest absolute Gasteiger partial charge is 0.383 e. The van der Waals surface area contributed by atoms with Crippen LogP contribution < -0.4 is 11.1 Å². The number of hydrogen-bond donors (Lipinski definition) is 2. The highest BCUT2D eigenvalue weighted by atomic mass is 32.2. The first-order chi connectivity index (χ1) is 12.8. The molecule has 27 heavy (non-hydrogen) atoms. The van der Waals surface area contributed by atoms with Gasteiger partial charge in [0.05, 0.1) is 30.1 Å². The topological polar surface area (TPSA) is 110 Å². The number of carbonyl (C=O) groups is 1. The summed E-state index contributed by atoms with van der Waals surface area (Å²) in [4.78, 5) is 13.1. The molecule has 3 heterocycles. The Morgan fingerprint density at radius 1 is 1.41 bits per heavy atom. The highest BCUT2D eigenvalue weighted by molar-refractivity contribution is 7.88. The molecule has 144 valence electrons. The van der Waals surface area contributed by atoms with Crippen molar-refractivity contribution in [3.05, 3.63) is 40.8 Å². The van der Waals surface area contributed by atoms with Gasteiger partial charge >= 0.3 is 0 Å². The van der Waals surface area contributed by atoms with E-state index in [1.54, 1.807) is 12.1 Å². The maximum absolute atomic E-state index is 14.0. The Balaban J connectivity index is 1.69. The monoisotopic (exact) mass is 393 g/mol. The van der Waals surface area contributed by atoms with Crippen LogP contribution in [0.15, 0.2) is 18.2 Å². The summed E-state index contributed by atoms with van der Waals surface area (Å²) >= 11 is 0. The van der Waals surface area contributed by atoms with E-state index < -0.39 is 21.8 Å². The second-order valence-corrected chi connectivity index (χ2v) is 8.86. The predicted octanol–water partition coefficient (Wildman–Crippen LogP) is 1.16. The lowest BCUT2D eigenvalue weighted by Crippen LogP contribution is -2.35. The van der Waals surface area contributed by atoms with Crippen LogP contribution in [-0.4, -0.2) is 47.8 Å². The number of nitrogens with two attached hydrogens (primary N) is 1. The van der Waals surface area contributed by atoms with Crippen molar-refractivity contribution in [2.24, 2.45) is 0 Å². The second kappa shape index (κ2) is 6.31. The van der Waals surface area contributed by atoms with Gasteiger partial charge in [-0.15, -0.1) is 0 Å². The number of nitrogens with zero attached hydrogens (tertiary/aromatic N) is 3. The Kier molecular flexibility index (Phi) is 4.19. The van der Waals surface area contributed by atoms with Gasteiger partial charge in [0, 0.05) is 18.7 Å². The summed E-state index contributed by atoms with van der Waals surface area (Å²) in [5.74, 6) is -1.06. The molecule has 2 aliphatic heterocycles. The highest BCUT2D eigenvalue weighted by Crippen LogP contribution is 2.35. The van der Waals surface area contributed by atoms with Gasteiger partial charge in [-0.05, 0) is 24.5 Å². The number of benzene rings is 1. The first-order valence-electron chi connectivity index (χ1n) is 8.65. The van der Waals surface area contributed by atoms with Crippen LogP contribution in [0.4, 0.5) is 15.9 Å². The minimum atomic E-state index is -3.35. The minimum absolute atomic E-state index is 0.0933. The molecule has 1 aromatic heterocycles. The van der Waals surface area contributed by atoms with Crippen LogP contribution in [0.1, 0.15) is 34.0 Å². The molecule has 0 bridgehead atoms. The van der Waals surface area contributed by atoms with Crippen LogP contribution in [0.5, 0.6) is 0 Å². The Morgan fingerprint density at radius 2 is 2.19 bits per heavy atom. The van der Waals surface area contributed by atoms with E-state index >= 15 is 0 Å². The molecule has 2 aromatic rings. The van der Waals surface area contributed by atoms with Gasteiger partial charge in [-0.1, -0.05) is 12.1 Å². The summed E-state index contributed by atoms with van der Waals surface area (Å²) in [6, 6.07) is 4.64. The van der Waals surface area contributed by atoms with E-state index in [-0.39, 0.29) is 18.3 Å². The first kappa shape index (κ1) is 17.9. The molecule has 2 aliphatic rings. The van der Waals surface area contributed by atoms with Crippen molar-refractivity contribution >= 4 is 27.4 Å². The molecule has 0 aliphatic carbocycles. The molecule has 4 rings (SSSR count). The quantitative estimate of drug-likeness (QED) is 0.792.